The Kier molecular flexibility index (Phi) is 9.62. The number of ether oxygens (including phenoxy) is 1. The summed E-state index contributed by atoms with van der Waals surface area (Å²) in [6.07, 6.45) is -0.0699. The number of aliphatic carboxylic acids is 1. The molecule has 3 rings (SSSR count). The smallest absolute Gasteiger partial charge is 0.429 e. The summed E-state index contributed by atoms with van der Waals surface area (Å²) in [6.45, 7) is 3.67. The van der Waals surface area contributed by atoms with Gasteiger partial charge in [0.25, 0.3) is 5.91 Å². The molecule has 4 N–H and O–H groups in total. The number of hydrogen-bond donors (Lipinski definition) is 3. The highest BCUT2D eigenvalue weighted by atomic mass is 16.6. The molecule has 1 aliphatic rings. The maximum absolute atomic E-state index is 13.4. The first-order chi connectivity index (χ1) is 17.7. The van der Waals surface area contributed by atoms with Crippen LogP contribution in [0.15, 0.2) is 60.7 Å². The van der Waals surface area contributed by atoms with Gasteiger partial charge in [0, 0.05) is 13.0 Å². The van der Waals surface area contributed by atoms with Gasteiger partial charge >= 0.3 is 12.1 Å². The van der Waals surface area contributed by atoms with Gasteiger partial charge in [-0.05, 0) is 29.9 Å². The van der Waals surface area contributed by atoms with E-state index in [0.29, 0.717) is 6.42 Å². The van der Waals surface area contributed by atoms with Crippen molar-refractivity contribution in [2.75, 3.05) is 6.54 Å². The Balaban J connectivity index is 1.81. The molecule has 10 nitrogen and oxygen atoms in total. The highest BCUT2D eigenvalue weighted by molar-refractivity contribution is 5.93. The Morgan fingerprint density at radius 3 is 2.19 bits per heavy atom. The molecule has 2 aromatic carbocycles. The average molecular weight is 511 g/mol. The molecule has 10 heteroatoms. The van der Waals surface area contributed by atoms with E-state index in [1.165, 1.54) is 0 Å². The minimum absolute atomic E-state index is 0.0105. The number of nitrogens with two attached hydrogens (primary N) is 1. The van der Waals surface area contributed by atoms with Gasteiger partial charge in [-0.2, -0.15) is 0 Å². The van der Waals surface area contributed by atoms with Gasteiger partial charge in [0.15, 0.2) is 0 Å². The first kappa shape index (κ1) is 27.7. The molecule has 198 valence electrons. The number of amides is 3. The summed E-state index contributed by atoms with van der Waals surface area (Å²) >= 11 is 0. The van der Waals surface area contributed by atoms with Crippen LogP contribution in [0.5, 0.6) is 0 Å². The van der Waals surface area contributed by atoms with E-state index >= 15 is 0 Å². The van der Waals surface area contributed by atoms with Crippen molar-refractivity contribution < 1.29 is 29.0 Å². The fraction of sp³-hybridized carbons (Fsp3) is 0.407. The van der Waals surface area contributed by atoms with Crippen molar-refractivity contribution in [3.05, 3.63) is 71.8 Å². The number of rotatable bonds is 9. The predicted octanol–water partition coefficient (Wildman–Crippen LogP) is 2.33. The lowest BCUT2D eigenvalue weighted by Crippen LogP contribution is -2.66. The summed E-state index contributed by atoms with van der Waals surface area (Å²) in [7, 11) is 0. The summed E-state index contributed by atoms with van der Waals surface area (Å²) in [6, 6.07) is 14.7. The number of carboxylic acids is 1. The van der Waals surface area contributed by atoms with Crippen LogP contribution in [-0.2, 0) is 32.1 Å². The van der Waals surface area contributed by atoms with Gasteiger partial charge in [-0.1, -0.05) is 74.5 Å². The van der Waals surface area contributed by atoms with E-state index in [2.05, 4.69) is 5.32 Å². The molecule has 37 heavy (non-hydrogen) atoms. The zero-order chi connectivity index (χ0) is 26.9. The van der Waals surface area contributed by atoms with E-state index in [9.17, 15) is 24.3 Å². The van der Waals surface area contributed by atoms with Gasteiger partial charge < -0.3 is 20.9 Å². The Morgan fingerprint density at radius 2 is 1.62 bits per heavy atom. The van der Waals surface area contributed by atoms with Gasteiger partial charge in [0.05, 0.1) is 6.04 Å². The van der Waals surface area contributed by atoms with Crippen LogP contribution < -0.4 is 11.1 Å². The molecule has 3 amide bonds. The normalized spacial score (nSPS) is 17.1. The van der Waals surface area contributed by atoms with E-state index in [0.717, 1.165) is 21.1 Å². The first-order valence-electron chi connectivity index (χ1n) is 12.3. The number of carbonyl (C=O) groups is 4. The van der Waals surface area contributed by atoms with Crippen molar-refractivity contribution in [1.82, 2.24) is 15.3 Å². The van der Waals surface area contributed by atoms with Gasteiger partial charge in [0.1, 0.15) is 18.7 Å². The fourth-order valence-electron chi connectivity index (χ4n) is 4.08. The second-order valence-electron chi connectivity index (χ2n) is 9.36. The molecule has 0 aliphatic carbocycles. The van der Waals surface area contributed by atoms with Crippen molar-refractivity contribution in [3.8, 4) is 0 Å². The standard InChI is InChI=1S/C27H34N4O6/c1-18(2)23(28)25(33)31-22(24(32)29-21(26(34)35)16-19-10-5-3-6-11-19)14-9-15-30(31)27(36)37-17-20-12-7-4-8-13-20/h3-8,10-13,18,21-23H,9,14-17,28H2,1-2H3,(H,29,32)(H,34,35)/t21-,22-,23-/m0/s1. The van der Waals surface area contributed by atoms with Crippen LogP contribution in [0.2, 0.25) is 0 Å². The number of nitrogens with zero attached hydrogens (tertiary/aromatic N) is 2. The molecule has 0 spiro atoms. The van der Waals surface area contributed by atoms with Crippen LogP contribution in [0, 0.1) is 5.92 Å². The molecule has 1 aliphatic heterocycles. The lowest BCUT2D eigenvalue weighted by molar-refractivity contribution is -0.166. The summed E-state index contributed by atoms with van der Waals surface area (Å²) in [5.41, 5.74) is 7.64. The van der Waals surface area contributed by atoms with Crippen LogP contribution in [0.25, 0.3) is 0 Å². The number of carboxylic acid groups (broad SMARTS) is 1. The molecule has 0 unspecified atom stereocenters. The SMILES string of the molecule is CC(C)[C@H](N)C(=O)N1[C@H](C(=O)N[C@@H](Cc2ccccc2)C(=O)O)CCCN1C(=O)OCc1ccccc1. The van der Waals surface area contributed by atoms with E-state index in [1.54, 1.807) is 50.2 Å². The predicted molar refractivity (Wildman–Crippen MR) is 136 cm³/mol. The topological polar surface area (TPSA) is 142 Å². The van der Waals surface area contributed by atoms with Crippen LogP contribution >= 0.6 is 0 Å². The van der Waals surface area contributed by atoms with E-state index < -0.39 is 42.0 Å². The average Bonchev–Trinajstić information content (AvgIpc) is 2.91. The number of carbonyl (C=O) groups excluding carboxylic acids is 3. The monoisotopic (exact) mass is 510 g/mol. The summed E-state index contributed by atoms with van der Waals surface area (Å²) in [5, 5.41) is 14.4. The number of hydrogen-bond acceptors (Lipinski definition) is 6. The van der Waals surface area contributed by atoms with Crippen molar-refractivity contribution >= 4 is 23.9 Å². The van der Waals surface area contributed by atoms with E-state index in [4.69, 9.17) is 10.5 Å². The molecule has 0 aromatic heterocycles. The molecule has 1 fully saturated rings. The third-order valence-corrected chi connectivity index (χ3v) is 6.25. The molecule has 0 bridgehead atoms. The summed E-state index contributed by atoms with van der Waals surface area (Å²) < 4.78 is 5.44. The summed E-state index contributed by atoms with van der Waals surface area (Å²) in [5.74, 6) is -2.75. The van der Waals surface area contributed by atoms with E-state index in [-0.39, 0.29) is 31.9 Å². The molecule has 0 radical (unpaired) electrons. The quantitative estimate of drug-likeness (QED) is 0.470. The minimum Gasteiger partial charge on any atom is -0.480 e. The lowest BCUT2D eigenvalue weighted by Gasteiger charge is -2.43. The minimum atomic E-state index is -1.22. The van der Waals surface area contributed by atoms with Crippen LogP contribution in [0.4, 0.5) is 4.79 Å². The molecule has 1 heterocycles. The van der Waals surface area contributed by atoms with Crippen LogP contribution in [0.3, 0.4) is 0 Å². The Labute approximate surface area is 216 Å². The molecular formula is C27H34N4O6. The van der Waals surface area contributed by atoms with Gasteiger partial charge in [0.2, 0.25) is 5.91 Å². The lowest BCUT2D eigenvalue weighted by atomic mass is 10.0. The Hall–Kier alpha value is -3.92. The van der Waals surface area contributed by atoms with E-state index in [1.807, 2.05) is 24.3 Å². The third kappa shape index (κ3) is 7.29. The second kappa shape index (κ2) is 12.9. The molecule has 1 saturated heterocycles. The highest BCUT2D eigenvalue weighted by Crippen LogP contribution is 2.23. The van der Waals surface area contributed by atoms with Crippen LogP contribution in [-0.4, -0.2) is 63.7 Å². The molecular weight excluding hydrogens is 476 g/mol. The second-order valence-corrected chi connectivity index (χ2v) is 9.36. The van der Waals surface area contributed by atoms with Crippen molar-refractivity contribution in [3.63, 3.8) is 0 Å². The Bertz CT molecular complexity index is 1080. The summed E-state index contributed by atoms with van der Waals surface area (Å²) in [4.78, 5) is 51.8. The molecule has 0 saturated carbocycles. The van der Waals surface area contributed by atoms with Gasteiger partial charge in [-0.15, -0.1) is 0 Å². The molecule has 2 aromatic rings. The number of hydrazine groups is 1. The number of benzene rings is 2. The number of nitrogens with one attached hydrogen (secondary N) is 1. The van der Waals surface area contributed by atoms with Crippen LogP contribution in [0.1, 0.15) is 37.8 Å². The maximum Gasteiger partial charge on any atom is 0.429 e. The Morgan fingerprint density at radius 1 is 1.03 bits per heavy atom. The zero-order valence-corrected chi connectivity index (χ0v) is 21.1. The first-order valence-corrected chi connectivity index (χ1v) is 12.3. The maximum atomic E-state index is 13.4. The van der Waals surface area contributed by atoms with Gasteiger partial charge in [-0.25, -0.2) is 19.6 Å². The fourth-order valence-corrected chi connectivity index (χ4v) is 4.08. The largest absolute Gasteiger partial charge is 0.480 e. The van der Waals surface area contributed by atoms with Crippen molar-refractivity contribution in [1.29, 1.82) is 0 Å². The zero-order valence-electron chi connectivity index (χ0n) is 21.1. The highest BCUT2D eigenvalue weighted by Gasteiger charge is 2.43. The van der Waals surface area contributed by atoms with Gasteiger partial charge in [-0.3, -0.25) is 9.59 Å². The molecule has 3 atom stereocenters. The third-order valence-electron chi connectivity index (χ3n) is 6.25. The van der Waals surface area contributed by atoms with Crippen molar-refractivity contribution in [2.45, 2.75) is 57.8 Å². The van der Waals surface area contributed by atoms with Crippen molar-refractivity contribution in [2.24, 2.45) is 11.7 Å².